The smallest absolute Gasteiger partial charge is 0.304 e. The zero-order chi connectivity index (χ0) is 22.3. The average Bonchev–Trinajstić information content (AvgIpc) is 3.37. The third-order valence-electron chi connectivity index (χ3n) is 4.67. The molecule has 1 aliphatic heterocycles. The van der Waals surface area contributed by atoms with E-state index in [1.807, 2.05) is 0 Å². The van der Waals surface area contributed by atoms with Gasteiger partial charge in [0.1, 0.15) is 35.5 Å². The quantitative estimate of drug-likeness (QED) is 0.373. The van der Waals surface area contributed by atoms with E-state index in [0.717, 1.165) is 23.1 Å². The number of halogens is 3. The number of aromatic nitrogens is 4. The van der Waals surface area contributed by atoms with E-state index in [1.165, 1.54) is 10.9 Å². The summed E-state index contributed by atoms with van der Waals surface area (Å²) in [7, 11) is 0. The van der Waals surface area contributed by atoms with Crippen molar-refractivity contribution in [2.24, 2.45) is 0 Å². The van der Waals surface area contributed by atoms with Gasteiger partial charge in [0.15, 0.2) is 0 Å². The van der Waals surface area contributed by atoms with Gasteiger partial charge < -0.3 is 25.0 Å². The molecule has 1 aliphatic rings. The molecule has 5 atom stereocenters. The molecule has 2 aromatic heterocycles. The fourth-order valence-electron chi connectivity index (χ4n) is 3.16. The predicted molar refractivity (Wildman–Crippen MR) is 118 cm³/mol. The first-order valence-corrected chi connectivity index (χ1v) is 11.7. The van der Waals surface area contributed by atoms with E-state index in [9.17, 15) is 20.1 Å². The molecule has 4 rings (SSSR count). The summed E-state index contributed by atoms with van der Waals surface area (Å²) in [5.74, 6) is 0. The normalized spacial score (nSPS) is 26.3. The van der Waals surface area contributed by atoms with Crippen molar-refractivity contribution in [3.63, 3.8) is 0 Å². The van der Waals surface area contributed by atoms with Crippen LogP contribution in [0.2, 0.25) is 15.1 Å². The van der Waals surface area contributed by atoms with E-state index >= 15 is 0 Å². The minimum atomic E-state index is -1.27. The molecule has 9 nitrogen and oxygen atoms in total. The second-order valence-corrected chi connectivity index (χ2v) is 9.87. The fraction of sp³-hybridized carbons (Fsp3) is 0.353. The van der Waals surface area contributed by atoms with Crippen LogP contribution in [-0.4, -0.2) is 65.7 Å². The van der Waals surface area contributed by atoms with E-state index < -0.39 is 36.4 Å². The van der Waals surface area contributed by atoms with Crippen LogP contribution in [0, 0.1) is 0 Å². The molecule has 31 heavy (non-hydrogen) atoms. The number of aliphatic hydroxyl groups excluding tert-OH is 3. The molecule has 1 saturated heterocycles. The number of nitrogens with one attached hydrogen (secondary N) is 1. The van der Waals surface area contributed by atoms with Crippen LogP contribution in [0.1, 0.15) is 6.04 Å². The summed E-state index contributed by atoms with van der Waals surface area (Å²) in [6, 6.07) is 2.17. The number of aliphatic hydroxyl groups is 3. The van der Waals surface area contributed by atoms with Crippen LogP contribution in [0.15, 0.2) is 33.4 Å². The van der Waals surface area contributed by atoms with Crippen molar-refractivity contribution in [1.29, 1.82) is 0 Å². The Morgan fingerprint density at radius 2 is 1.94 bits per heavy atom. The van der Waals surface area contributed by atoms with Crippen LogP contribution in [-0.2, 0) is 4.74 Å². The molecule has 0 spiro atoms. The molecule has 0 unspecified atom stereocenters. The number of H-pyrrole nitrogens is 1. The van der Waals surface area contributed by atoms with Gasteiger partial charge in [-0.1, -0.05) is 63.1 Å². The zero-order valence-electron chi connectivity index (χ0n) is 15.4. The highest BCUT2D eigenvalue weighted by Gasteiger charge is 2.46. The highest BCUT2D eigenvalue weighted by molar-refractivity contribution is 7.99. The lowest BCUT2D eigenvalue weighted by Crippen LogP contribution is -2.55. The van der Waals surface area contributed by atoms with Gasteiger partial charge in [0.05, 0.1) is 33.6 Å². The molecule has 0 aliphatic carbocycles. The van der Waals surface area contributed by atoms with Gasteiger partial charge in [-0.2, -0.15) is 0 Å². The van der Waals surface area contributed by atoms with Crippen LogP contribution in [0.25, 0.3) is 11.4 Å². The van der Waals surface area contributed by atoms with Crippen LogP contribution < -0.4 is 4.87 Å². The lowest BCUT2D eigenvalue weighted by molar-refractivity contribution is -0.178. The molecule has 3 heterocycles. The highest BCUT2D eigenvalue weighted by Crippen LogP contribution is 2.41. The van der Waals surface area contributed by atoms with Crippen molar-refractivity contribution in [2.45, 2.75) is 34.7 Å². The molecule has 0 bridgehead atoms. The molecule has 14 heteroatoms. The van der Waals surface area contributed by atoms with Gasteiger partial charge in [0, 0.05) is 10.3 Å². The van der Waals surface area contributed by atoms with Crippen molar-refractivity contribution in [2.75, 3.05) is 6.61 Å². The number of rotatable bonds is 5. The maximum atomic E-state index is 11.4. The van der Waals surface area contributed by atoms with Crippen molar-refractivity contribution >= 4 is 57.9 Å². The molecule has 4 N–H and O–H groups in total. The van der Waals surface area contributed by atoms with Crippen molar-refractivity contribution in [3.05, 3.63) is 48.4 Å². The minimum Gasteiger partial charge on any atom is -0.394 e. The zero-order valence-corrected chi connectivity index (χ0v) is 19.3. The van der Waals surface area contributed by atoms with Crippen LogP contribution in [0.4, 0.5) is 0 Å². The molecular weight excluding hydrogens is 511 g/mol. The molecule has 0 saturated carbocycles. The molecule has 1 fully saturated rings. The molecule has 0 amide bonds. The monoisotopic (exact) mass is 524 g/mol. The summed E-state index contributed by atoms with van der Waals surface area (Å²) >= 11 is 20.2. The summed E-state index contributed by atoms with van der Waals surface area (Å²) in [5, 5.41) is 41.6. The Kier molecular flexibility index (Phi) is 6.96. The molecule has 1 aromatic carbocycles. The molecule has 3 aromatic rings. The third-order valence-corrected chi connectivity index (χ3v) is 7.67. The van der Waals surface area contributed by atoms with Gasteiger partial charge in [0.25, 0.3) is 0 Å². The number of thioether (sulfide) groups is 1. The molecular formula is C17H15Cl3N4O5S2. The summed E-state index contributed by atoms with van der Waals surface area (Å²) in [6.45, 7) is -0.483. The Morgan fingerprint density at radius 3 is 2.55 bits per heavy atom. The van der Waals surface area contributed by atoms with E-state index in [2.05, 4.69) is 15.3 Å². The first-order valence-electron chi connectivity index (χ1n) is 8.82. The second-order valence-electron chi connectivity index (χ2n) is 6.66. The Hall–Kier alpha value is -1.15. The Bertz CT molecular complexity index is 1120. The molecule has 166 valence electrons. The first-order chi connectivity index (χ1) is 14.8. The lowest BCUT2D eigenvalue weighted by Gasteiger charge is -2.41. The summed E-state index contributed by atoms with van der Waals surface area (Å²) in [5.41, 5.74) is -0.0647. The maximum absolute atomic E-state index is 11.4. The van der Waals surface area contributed by atoms with Crippen LogP contribution in [0.5, 0.6) is 0 Å². The SMILES string of the molecule is O=c1[nH]c(-c2cn([C@@H]3[C@@H](O)[C@@H](Sc4cc(Cl)c(Cl)c(Cl)c4)O[C@H](CO)[C@@H]3O)nn2)cs1. The van der Waals surface area contributed by atoms with Gasteiger partial charge >= 0.3 is 4.87 Å². The largest absolute Gasteiger partial charge is 0.394 e. The summed E-state index contributed by atoms with van der Waals surface area (Å²) < 4.78 is 7.00. The Balaban J connectivity index is 1.63. The Morgan fingerprint density at radius 1 is 1.23 bits per heavy atom. The number of hydrogen-bond acceptors (Lipinski definition) is 9. The predicted octanol–water partition coefficient (Wildman–Crippen LogP) is 2.43. The van der Waals surface area contributed by atoms with Gasteiger partial charge in [-0.15, -0.1) is 5.10 Å². The topological polar surface area (TPSA) is 133 Å². The number of ether oxygens (including phenoxy) is 1. The van der Waals surface area contributed by atoms with Crippen LogP contribution >= 0.6 is 57.9 Å². The number of hydrogen-bond donors (Lipinski definition) is 4. The lowest BCUT2D eigenvalue weighted by atomic mass is 9.97. The number of nitrogens with zero attached hydrogens (tertiary/aromatic N) is 3. The molecule has 0 radical (unpaired) electrons. The minimum absolute atomic E-state index is 0.209. The Labute approximate surface area is 198 Å². The third kappa shape index (κ3) is 4.65. The summed E-state index contributed by atoms with van der Waals surface area (Å²) in [4.78, 5) is 14.4. The van der Waals surface area contributed by atoms with E-state index in [0.29, 0.717) is 16.3 Å². The number of thiazole rings is 1. The average molecular weight is 526 g/mol. The van der Waals surface area contributed by atoms with Gasteiger partial charge in [-0.05, 0) is 12.1 Å². The summed E-state index contributed by atoms with van der Waals surface area (Å²) in [6.07, 6.45) is -2.01. The van der Waals surface area contributed by atoms with Crippen LogP contribution in [0.3, 0.4) is 0 Å². The van der Waals surface area contributed by atoms with E-state index in [-0.39, 0.29) is 19.9 Å². The van der Waals surface area contributed by atoms with Crippen molar-refractivity contribution in [1.82, 2.24) is 20.0 Å². The van der Waals surface area contributed by atoms with E-state index in [4.69, 9.17) is 39.5 Å². The van der Waals surface area contributed by atoms with Gasteiger partial charge in [-0.25, -0.2) is 4.68 Å². The van der Waals surface area contributed by atoms with Gasteiger partial charge in [0.2, 0.25) is 0 Å². The number of aromatic amines is 1. The first kappa shape index (κ1) is 23.0. The fourth-order valence-corrected chi connectivity index (χ4v) is 5.60. The van der Waals surface area contributed by atoms with Crippen molar-refractivity contribution in [3.8, 4) is 11.4 Å². The highest BCUT2D eigenvalue weighted by atomic mass is 35.5. The van der Waals surface area contributed by atoms with E-state index in [1.54, 1.807) is 17.5 Å². The standard InChI is InChI=1S/C17H15Cl3N4O5S2/c18-7-1-6(2-8(19)12(7)20)31-16-15(27)13(14(26)11(4-25)29-16)24-3-9(22-23-24)10-5-30-17(28)21-10/h1-3,5,11,13-16,25-27H,4H2,(H,21,28)/t11-,13+,14+,15-,16-/m1/s1. The van der Waals surface area contributed by atoms with Crippen molar-refractivity contribution < 1.29 is 20.1 Å². The number of benzene rings is 1. The maximum Gasteiger partial charge on any atom is 0.304 e. The van der Waals surface area contributed by atoms with Gasteiger partial charge in [-0.3, -0.25) is 4.79 Å². The second kappa shape index (κ2) is 9.38.